The van der Waals surface area contributed by atoms with Gasteiger partial charge < -0.3 is 19.5 Å². The summed E-state index contributed by atoms with van der Waals surface area (Å²) in [6.45, 7) is 5.68. The van der Waals surface area contributed by atoms with Crippen molar-refractivity contribution in [2.45, 2.75) is 45.9 Å². The number of cyclic esters (lactones) is 1. The molecule has 148 valence electrons. The van der Waals surface area contributed by atoms with E-state index in [2.05, 4.69) is 0 Å². The number of benzene rings is 1. The number of carbonyl (C=O) groups excluding carboxylic acids is 1. The molecule has 2 aliphatic rings. The molecule has 0 radical (unpaired) electrons. The van der Waals surface area contributed by atoms with E-state index in [1.54, 1.807) is 29.7 Å². The number of pyridine rings is 2. The quantitative estimate of drug-likeness (QED) is 0.483. The Labute approximate surface area is 166 Å². The lowest BCUT2D eigenvalue weighted by Gasteiger charge is -2.31. The molecule has 3 aromatic rings. The fourth-order valence-corrected chi connectivity index (χ4v) is 4.59. The van der Waals surface area contributed by atoms with E-state index in [0.29, 0.717) is 29.1 Å². The Balaban J connectivity index is 1.84. The van der Waals surface area contributed by atoms with Gasteiger partial charge in [0.15, 0.2) is 5.60 Å². The third kappa shape index (κ3) is 2.13. The summed E-state index contributed by atoms with van der Waals surface area (Å²) in [5.74, 6) is -0.530. The number of aryl methyl sites for hydroxylation is 2. The number of phenolic OH excluding ortho intramolecular Hbond substituents is 1. The summed E-state index contributed by atoms with van der Waals surface area (Å²) in [7, 11) is 0. The predicted octanol–water partition coefficient (Wildman–Crippen LogP) is 2.40. The number of hydrogen-bond donors (Lipinski definition) is 2. The third-order valence-corrected chi connectivity index (χ3v) is 6.36. The van der Waals surface area contributed by atoms with Crippen LogP contribution in [0.1, 0.15) is 41.2 Å². The monoisotopic (exact) mass is 392 g/mol. The highest BCUT2D eigenvalue weighted by atomic mass is 16.6. The van der Waals surface area contributed by atoms with Gasteiger partial charge in [0.2, 0.25) is 0 Å². The number of carbonyl (C=O) groups is 1. The summed E-state index contributed by atoms with van der Waals surface area (Å²) < 4.78 is 6.72. The lowest BCUT2D eigenvalue weighted by Crippen LogP contribution is -2.44. The molecule has 7 heteroatoms. The van der Waals surface area contributed by atoms with E-state index in [1.807, 2.05) is 13.8 Å². The van der Waals surface area contributed by atoms with Gasteiger partial charge in [-0.1, -0.05) is 6.92 Å². The number of nitrogens with zero attached hydrogens (tertiary/aromatic N) is 2. The van der Waals surface area contributed by atoms with Gasteiger partial charge >= 0.3 is 5.97 Å². The minimum atomic E-state index is -1.83. The average molecular weight is 392 g/mol. The van der Waals surface area contributed by atoms with Crippen LogP contribution in [-0.4, -0.2) is 25.7 Å². The van der Waals surface area contributed by atoms with Crippen molar-refractivity contribution >= 4 is 16.9 Å². The van der Waals surface area contributed by atoms with Crippen LogP contribution >= 0.6 is 0 Å². The van der Waals surface area contributed by atoms with Crippen molar-refractivity contribution in [3.05, 3.63) is 56.4 Å². The van der Waals surface area contributed by atoms with Crippen molar-refractivity contribution in [1.29, 1.82) is 0 Å². The van der Waals surface area contributed by atoms with Crippen LogP contribution < -0.4 is 5.56 Å². The van der Waals surface area contributed by atoms with Gasteiger partial charge in [-0.15, -0.1) is 0 Å². The highest BCUT2D eigenvalue weighted by Crippen LogP contribution is 2.41. The fraction of sp³-hybridized carbons (Fsp3) is 0.318. The zero-order valence-electron chi connectivity index (χ0n) is 16.4. The SMILES string of the molecule is CCC1(O)C(=O)OCc2c1cc1n(c2=O)Cc2c-1nc1ccc(O)c(C)c1c2C. The van der Waals surface area contributed by atoms with Crippen molar-refractivity contribution in [2.75, 3.05) is 0 Å². The number of fused-ring (bicyclic) bond motifs is 5. The highest BCUT2D eigenvalue weighted by molar-refractivity contribution is 5.92. The standard InChI is InChI=1S/C22H20N2O5/c1-4-22(28)14-7-16-19-12(8-24(16)20(26)13(14)9-29-21(22)27)10(2)18-11(3)17(25)6-5-15(18)23-19/h5-7,25,28H,4,8-9H2,1-3H3. The summed E-state index contributed by atoms with van der Waals surface area (Å²) in [5, 5.41) is 21.9. The summed E-state index contributed by atoms with van der Waals surface area (Å²) in [4.78, 5) is 30.2. The van der Waals surface area contributed by atoms with Crippen LogP contribution in [0, 0.1) is 13.8 Å². The zero-order chi connectivity index (χ0) is 20.7. The molecule has 1 unspecified atom stereocenters. The van der Waals surface area contributed by atoms with E-state index < -0.39 is 11.6 Å². The fourth-order valence-electron chi connectivity index (χ4n) is 4.59. The van der Waals surface area contributed by atoms with E-state index in [-0.39, 0.29) is 24.3 Å². The third-order valence-electron chi connectivity index (χ3n) is 6.36. The molecule has 2 aromatic heterocycles. The maximum Gasteiger partial charge on any atom is 0.343 e. The highest BCUT2D eigenvalue weighted by Gasteiger charge is 2.45. The molecule has 29 heavy (non-hydrogen) atoms. The van der Waals surface area contributed by atoms with Crippen LogP contribution in [-0.2, 0) is 28.3 Å². The van der Waals surface area contributed by atoms with Crippen LogP contribution in [0.3, 0.4) is 0 Å². The van der Waals surface area contributed by atoms with E-state index in [0.717, 1.165) is 27.6 Å². The molecule has 0 spiro atoms. The first-order valence-corrected chi connectivity index (χ1v) is 9.56. The van der Waals surface area contributed by atoms with Crippen molar-refractivity contribution in [2.24, 2.45) is 0 Å². The zero-order valence-corrected chi connectivity index (χ0v) is 16.4. The first kappa shape index (κ1) is 17.9. The number of aliphatic hydroxyl groups is 1. The molecule has 0 bridgehead atoms. The number of aromatic hydroxyl groups is 1. The Bertz CT molecular complexity index is 1310. The van der Waals surface area contributed by atoms with Gasteiger partial charge in [-0.25, -0.2) is 9.78 Å². The van der Waals surface area contributed by atoms with Crippen LogP contribution in [0.2, 0.25) is 0 Å². The first-order valence-electron chi connectivity index (χ1n) is 9.56. The second-order valence-corrected chi connectivity index (χ2v) is 7.77. The first-order chi connectivity index (χ1) is 13.8. The topological polar surface area (TPSA) is 102 Å². The van der Waals surface area contributed by atoms with Gasteiger partial charge in [-0.2, -0.15) is 0 Å². The normalized spacial score (nSPS) is 19.7. The lowest BCUT2D eigenvalue weighted by atomic mass is 9.86. The molecule has 5 rings (SSSR count). The van der Waals surface area contributed by atoms with Crippen LogP contribution in [0.4, 0.5) is 0 Å². The van der Waals surface area contributed by atoms with Gasteiger partial charge in [0.1, 0.15) is 12.4 Å². The number of rotatable bonds is 1. The Kier molecular flexibility index (Phi) is 3.49. The Hall–Kier alpha value is -3.19. The van der Waals surface area contributed by atoms with E-state index in [9.17, 15) is 19.8 Å². The molecule has 0 fully saturated rings. The molecule has 0 saturated heterocycles. The summed E-state index contributed by atoms with van der Waals surface area (Å²) in [6.07, 6.45) is 0.108. The second kappa shape index (κ2) is 5.67. The molecule has 4 heterocycles. The van der Waals surface area contributed by atoms with Crippen molar-refractivity contribution in [3.63, 3.8) is 0 Å². The number of phenols is 1. The molecule has 2 aliphatic heterocycles. The maximum atomic E-state index is 13.2. The molecular formula is C22H20N2O5. The predicted molar refractivity (Wildman–Crippen MR) is 106 cm³/mol. The minimum Gasteiger partial charge on any atom is -0.508 e. The van der Waals surface area contributed by atoms with Crippen molar-refractivity contribution in [1.82, 2.24) is 9.55 Å². The number of ether oxygens (including phenoxy) is 1. The summed E-state index contributed by atoms with van der Waals surface area (Å²) >= 11 is 0. The molecule has 0 saturated carbocycles. The van der Waals surface area contributed by atoms with E-state index in [4.69, 9.17) is 9.72 Å². The molecule has 7 nitrogen and oxygen atoms in total. The van der Waals surface area contributed by atoms with Crippen LogP contribution in [0.25, 0.3) is 22.3 Å². The Morgan fingerprint density at radius 3 is 2.69 bits per heavy atom. The molecule has 2 N–H and O–H groups in total. The number of hydrogen-bond acceptors (Lipinski definition) is 6. The summed E-state index contributed by atoms with van der Waals surface area (Å²) in [5.41, 5.74) is 3.08. The van der Waals surface area contributed by atoms with Gasteiger partial charge in [0.05, 0.1) is 29.0 Å². The van der Waals surface area contributed by atoms with E-state index in [1.165, 1.54) is 0 Å². The maximum absolute atomic E-state index is 13.2. The molecule has 1 atom stereocenters. The van der Waals surface area contributed by atoms with Crippen LogP contribution in [0.5, 0.6) is 5.75 Å². The van der Waals surface area contributed by atoms with Gasteiger partial charge in [0, 0.05) is 22.1 Å². The average Bonchev–Trinajstić information content (AvgIpc) is 3.08. The van der Waals surface area contributed by atoms with Gasteiger partial charge in [0.25, 0.3) is 5.56 Å². The number of aromatic nitrogens is 2. The number of esters is 1. The molecule has 1 aromatic carbocycles. The van der Waals surface area contributed by atoms with Crippen molar-refractivity contribution < 1.29 is 19.7 Å². The van der Waals surface area contributed by atoms with Gasteiger partial charge in [-0.3, -0.25) is 4.79 Å². The van der Waals surface area contributed by atoms with E-state index >= 15 is 0 Å². The molecular weight excluding hydrogens is 372 g/mol. The lowest BCUT2D eigenvalue weighted by molar-refractivity contribution is -0.172. The summed E-state index contributed by atoms with van der Waals surface area (Å²) in [6, 6.07) is 5.07. The minimum absolute atomic E-state index is 0.108. The molecule has 0 amide bonds. The second-order valence-electron chi connectivity index (χ2n) is 7.77. The smallest absolute Gasteiger partial charge is 0.343 e. The van der Waals surface area contributed by atoms with Gasteiger partial charge in [-0.05, 0) is 44.0 Å². The Morgan fingerprint density at radius 2 is 1.97 bits per heavy atom. The molecule has 0 aliphatic carbocycles. The van der Waals surface area contributed by atoms with Crippen molar-refractivity contribution in [3.8, 4) is 17.1 Å². The largest absolute Gasteiger partial charge is 0.508 e. The van der Waals surface area contributed by atoms with Crippen LogP contribution in [0.15, 0.2) is 23.0 Å². The Morgan fingerprint density at radius 1 is 1.21 bits per heavy atom.